The van der Waals surface area contributed by atoms with Crippen LogP contribution in [0.2, 0.25) is 0 Å². The zero-order chi connectivity index (χ0) is 34.7. The number of fused-ring (bicyclic) bond motifs is 6. The van der Waals surface area contributed by atoms with Crippen molar-refractivity contribution in [2.24, 2.45) is 5.41 Å². The van der Waals surface area contributed by atoms with Crippen LogP contribution in [-0.4, -0.2) is 61.8 Å². The number of rotatable bonds is 7. The second kappa shape index (κ2) is 17.2. The third kappa shape index (κ3) is 9.97. The molecule has 5 rings (SSSR count). The van der Waals surface area contributed by atoms with Gasteiger partial charge in [-0.05, 0) is 62.9 Å². The topological polar surface area (TPSA) is 85.2 Å². The Morgan fingerprint density at radius 1 is 0.958 bits per heavy atom. The minimum absolute atomic E-state index is 0.102. The second-order valence-corrected chi connectivity index (χ2v) is 14.3. The van der Waals surface area contributed by atoms with Crippen LogP contribution in [0.15, 0.2) is 71.9 Å². The zero-order valence-electron chi connectivity index (χ0n) is 28.2. The van der Waals surface area contributed by atoms with Gasteiger partial charge < -0.3 is 14.4 Å². The monoisotopic (exact) mass is 702 g/mol. The van der Waals surface area contributed by atoms with Crippen molar-refractivity contribution >= 4 is 34.4 Å². The Morgan fingerprint density at radius 3 is 2.50 bits per heavy atom. The number of anilines is 2. The van der Waals surface area contributed by atoms with Crippen LogP contribution < -0.4 is 14.4 Å². The molecule has 1 aromatic carbocycles. The SMILES string of the molecule is CC.CS(=O)CCN1CCCCCCc2ccccc2-c2nc(ccc2-n2ccc(OCC(C)(C)C(F)(F)F)n2)NSc2cccc1n2. The summed E-state index contributed by atoms with van der Waals surface area (Å²) in [5.41, 5.74) is 1.47. The summed E-state index contributed by atoms with van der Waals surface area (Å²) >= 11 is 1.35. The van der Waals surface area contributed by atoms with E-state index in [9.17, 15) is 17.4 Å². The first kappa shape index (κ1) is 37.2. The molecule has 48 heavy (non-hydrogen) atoms. The summed E-state index contributed by atoms with van der Waals surface area (Å²) in [5.74, 6) is 2.16. The maximum absolute atomic E-state index is 13.4. The Bertz CT molecular complexity index is 1650. The molecule has 0 fully saturated rings. The molecule has 0 aliphatic carbocycles. The van der Waals surface area contributed by atoms with E-state index in [2.05, 4.69) is 20.8 Å². The molecular weight excluding hydrogens is 658 g/mol. The van der Waals surface area contributed by atoms with E-state index in [0.29, 0.717) is 29.5 Å². The fourth-order valence-corrected chi connectivity index (χ4v) is 6.09. The van der Waals surface area contributed by atoms with E-state index in [1.54, 1.807) is 23.2 Å². The van der Waals surface area contributed by atoms with E-state index in [4.69, 9.17) is 14.7 Å². The van der Waals surface area contributed by atoms with Crippen LogP contribution in [0.5, 0.6) is 5.88 Å². The Kier molecular flexibility index (Phi) is 13.3. The number of alkyl halides is 3. The number of ether oxygens (including phenoxy) is 1. The maximum atomic E-state index is 13.4. The van der Waals surface area contributed by atoms with Crippen molar-refractivity contribution in [3.8, 4) is 22.8 Å². The van der Waals surface area contributed by atoms with Crippen LogP contribution in [0.4, 0.5) is 24.8 Å². The number of nitrogens with one attached hydrogen (secondary N) is 1. The summed E-state index contributed by atoms with van der Waals surface area (Å²) in [6.07, 6.45) is 3.99. The molecule has 1 N–H and O–H groups in total. The van der Waals surface area contributed by atoms with E-state index in [1.165, 1.54) is 11.9 Å². The average molecular weight is 703 g/mol. The molecule has 3 aromatic heterocycles. The molecule has 0 spiro atoms. The molecule has 1 unspecified atom stereocenters. The molecule has 1 atom stereocenters. The molecule has 13 heteroatoms. The fourth-order valence-electron chi connectivity index (χ4n) is 5.01. The minimum atomic E-state index is -4.40. The number of halogens is 3. The lowest BCUT2D eigenvalue weighted by atomic mass is 9.94. The van der Waals surface area contributed by atoms with Crippen molar-refractivity contribution in [2.45, 2.75) is 71.0 Å². The molecule has 4 bridgehead atoms. The highest BCUT2D eigenvalue weighted by atomic mass is 32.2. The standard InChI is InChI=1S/C33H39F3N6O2S2.C2H6/c1-32(2,33(34,35)36)23-44-29-18-20-42(39-29)26-16-17-27-37-31(26)25-13-8-7-12-24(25)11-6-4-5-9-19-41(21-22-46(3)43)28-14-10-15-30(38-28)45-40-27;1-2/h7-8,10,12-18,20H,4-6,9,11,19,21-23H2,1-3H3,(H,37,40);1-2H3. The van der Waals surface area contributed by atoms with E-state index >= 15 is 0 Å². The second-order valence-electron chi connectivity index (χ2n) is 12.0. The van der Waals surface area contributed by atoms with E-state index in [1.807, 2.05) is 62.4 Å². The summed E-state index contributed by atoms with van der Waals surface area (Å²) in [7, 11) is -0.893. The van der Waals surface area contributed by atoms with Crippen molar-refractivity contribution in [3.63, 3.8) is 0 Å². The Morgan fingerprint density at radius 2 is 1.73 bits per heavy atom. The normalized spacial score (nSPS) is 14.9. The van der Waals surface area contributed by atoms with Crippen LogP contribution in [0, 0.1) is 5.41 Å². The van der Waals surface area contributed by atoms with Crippen LogP contribution in [0.1, 0.15) is 58.9 Å². The summed E-state index contributed by atoms with van der Waals surface area (Å²) in [4.78, 5) is 12.1. The van der Waals surface area contributed by atoms with Gasteiger partial charge in [0.05, 0.1) is 16.8 Å². The van der Waals surface area contributed by atoms with Gasteiger partial charge in [0, 0.05) is 65.7 Å². The van der Waals surface area contributed by atoms with E-state index < -0.39 is 29.0 Å². The molecular formula is C35H45F3N6O2S2. The highest BCUT2D eigenvalue weighted by molar-refractivity contribution is 8.00. The first-order valence-electron chi connectivity index (χ1n) is 16.3. The van der Waals surface area contributed by atoms with Gasteiger partial charge in [-0.15, -0.1) is 5.10 Å². The molecule has 8 nitrogen and oxygen atoms in total. The number of hydrogen-bond donors (Lipinski definition) is 1. The number of pyridine rings is 2. The smallest absolute Gasteiger partial charge is 0.397 e. The number of aromatic nitrogens is 4. The maximum Gasteiger partial charge on any atom is 0.397 e. The summed E-state index contributed by atoms with van der Waals surface area (Å²) in [6, 6.07) is 19.3. The minimum Gasteiger partial charge on any atom is -0.476 e. The fraction of sp³-hybridized carbons (Fsp3) is 0.457. The molecule has 0 radical (unpaired) electrons. The largest absolute Gasteiger partial charge is 0.476 e. The average Bonchev–Trinajstić information content (AvgIpc) is 3.55. The van der Waals surface area contributed by atoms with Gasteiger partial charge in [0.2, 0.25) is 5.88 Å². The van der Waals surface area contributed by atoms with E-state index in [0.717, 1.165) is 74.5 Å². The lowest BCUT2D eigenvalue weighted by Crippen LogP contribution is -2.37. The molecule has 0 saturated carbocycles. The van der Waals surface area contributed by atoms with Gasteiger partial charge in [0.1, 0.15) is 23.3 Å². The predicted octanol–water partition coefficient (Wildman–Crippen LogP) is 8.74. The van der Waals surface area contributed by atoms with Gasteiger partial charge in [-0.1, -0.05) is 57.0 Å². The van der Waals surface area contributed by atoms with Crippen LogP contribution in [-0.2, 0) is 17.2 Å². The van der Waals surface area contributed by atoms with Gasteiger partial charge in [-0.25, -0.2) is 14.6 Å². The van der Waals surface area contributed by atoms with Crippen LogP contribution in [0.25, 0.3) is 16.9 Å². The van der Waals surface area contributed by atoms with Crippen LogP contribution >= 0.6 is 11.9 Å². The molecule has 260 valence electrons. The first-order chi connectivity index (χ1) is 23.0. The predicted molar refractivity (Wildman–Crippen MR) is 191 cm³/mol. The summed E-state index contributed by atoms with van der Waals surface area (Å²) < 4.78 is 62.4. The van der Waals surface area contributed by atoms with Crippen molar-refractivity contribution in [3.05, 3.63) is 72.4 Å². The van der Waals surface area contributed by atoms with Gasteiger partial charge in [-0.2, -0.15) is 13.2 Å². The lowest BCUT2D eigenvalue weighted by molar-refractivity contribution is -0.219. The molecule has 4 aromatic rings. The van der Waals surface area contributed by atoms with Crippen molar-refractivity contribution in [1.82, 2.24) is 19.7 Å². The molecule has 0 amide bonds. The number of aryl methyl sites for hydroxylation is 1. The highest BCUT2D eigenvalue weighted by Crippen LogP contribution is 2.38. The van der Waals surface area contributed by atoms with Gasteiger partial charge in [0.25, 0.3) is 0 Å². The third-order valence-corrected chi connectivity index (χ3v) is 9.38. The zero-order valence-corrected chi connectivity index (χ0v) is 29.9. The number of hydrogen-bond acceptors (Lipinski definition) is 8. The lowest BCUT2D eigenvalue weighted by Gasteiger charge is -2.26. The Balaban J connectivity index is 0.00000255. The van der Waals surface area contributed by atoms with Crippen molar-refractivity contribution in [2.75, 3.05) is 41.3 Å². The van der Waals surface area contributed by atoms with Gasteiger partial charge in [0.15, 0.2) is 0 Å². The quantitative estimate of drug-likeness (QED) is 0.192. The summed E-state index contributed by atoms with van der Waals surface area (Å²) in [6.45, 7) is 7.19. The van der Waals surface area contributed by atoms with Gasteiger partial charge >= 0.3 is 6.18 Å². The third-order valence-electron chi connectivity index (χ3n) is 7.87. The Hall–Kier alpha value is -3.58. The molecule has 4 heterocycles. The summed E-state index contributed by atoms with van der Waals surface area (Å²) in [5, 5.41) is 5.24. The first-order valence-corrected chi connectivity index (χ1v) is 18.8. The van der Waals surface area contributed by atoms with Crippen molar-refractivity contribution < 1.29 is 22.1 Å². The highest BCUT2D eigenvalue weighted by Gasteiger charge is 2.48. The number of nitrogens with zero attached hydrogens (tertiary/aromatic N) is 5. The molecule has 0 saturated heterocycles. The molecule has 1 aliphatic rings. The molecule has 1 aliphatic heterocycles. The van der Waals surface area contributed by atoms with E-state index in [-0.39, 0.29) is 5.88 Å². The number of benzene rings is 1. The van der Waals surface area contributed by atoms with Gasteiger partial charge in [-0.3, -0.25) is 4.21 Å². The van der Waals surface area contributed by atoms with Crippen molar-refractivity contribution in [1.29, 1.82) is 0 Å². The Labute approximate surface area is 288 Å². The van der Waals surface area contributed by atoms with Crippen LogP contribution in [0.3, 0.4) is 0 Å².